The van der Waals surface area contributed by atoms with Gasteiger partial charge in [-0.2, -0.15) is 5.26 Å². The molecule has 1 fully saturated rings. The topological polar surface area (TPSA) is 44.0 Å². The maximum Gasteiger partial charge on any atom is 0.118 e. The number of aromatic hydroxyl groups is 1. The number of benzene rings is 1. The molecule has 0 heterocycles. The highest BCUT2D eigenvalue weighted by atomic mass is 16.3. The Bertz CT molecular complexity index is 399. The maximum atomic E-state index is 9.57. The summed E-state index contributed by atoms with van der Waals surface area (Å²) in [5.41, 5.74) is 1.51. The zero-order valence-electron chi connectivity index (χ0n) is 8.25. The molecule has 0 atom stereocenters. The molecule has 72 valence electrons. The summed E-state index contributed by atoms with van der Waals surface area (Å²) in [6.07, 6.45) is 2.96. The van der Waals surface area contributed by atoms with Crippen LogP contribution in [-0.4, -0.2) is 5.11 Å². The third kappa shape index (κ3) is 1.17. The van der Waals surface area contributed by atoms with Gasteiger partial charge in [0.2, 0.25) is 0 Å². The molecule has 2 heteroatoms. The molecule has 0 saturated heterocycles. The number of nitrogens with zero attached hydrogens (tertiary/aromatic N) is 1. The number of aryl methyl sites for hydroxylation is 1. The third-order valence-electron chi connectivity index (χ3n) is 3.18. The lowest BCUT2D eigenvalue weighted by atomic mass is 9.65. The van der Waals surface area contributed by atoms with Crippen LogP contribution >= 0.6 is 0 Å². The van der Waals surface area contributed by atoms with Crippen molar-refractivity contribution in [1.29, 1.82) is 5.26 Å². The first-order valence-electron chi connectivity index (χ1n) is 4.89. The average molecular weight is 187 g/mol. The Hall–Kier alpha value is -1.49. The molecule has 1 saturated carbocycles. The van der Waals surface area contributed by atoms with Crippen LogP contribution in [0.5, 0.6) is 5.75 Å². The average Bonchev–Trinajstić information content (AvgIpc) is 2.10. The van der Waals surface area contributed by atoms with Gasteiger partial charge in [0, 0.05) is 0 Å². The van der Waals surface area contributed by atoms with Crippen LogP contribution < -0.4 is 0 Å². The van der Waals surface area contributed by atoms with Crippen molar-refractivity contribution in [2.24, 2.45) is 0 Å². The van der Waals surface area contributed by atoms with Crippen molar-refractivity contribution >= 4 is 0 Å². The van der Waals surface area contributed by atoms with E-state index < -0.39 is 0 Å². The van der Waals surface area contributed by atoms with Gasteiger partial charge in [-0.05, 0) is 43.4 Å². The van der Waals surface area contributed by atoms with E-state index in [-0.39, 0.29) is 5.41 Å². The molecule has 1 aromatic carbocycles. The molecule has 0 radical (unpaired) electrons. The van der Waals surface area contributed by atoms with Gasteiger partial charge >= 0.3 is 0 Å². The van der Waals surface area contributed by atoms with Crippen LogP contribution in [0.25, 0.3) is 0 Å². The van der Waals surface area contributed by atoms with Gasteiger partial charge in [0.05, 0.1) is 11.5 Å². The van der Waals surface area contributed by atoms with Crippen molar-refractivity contribution in [2.75, 3.05) is 0 Å². The van der Waals surface area contributed by atoms with Crippen molar-refractivity contribution in [3.63, 3.8) is 0 Å². The maximum absolute atomic E-state index is 9.57. The fourth-order valence-electron chi connectivity index (χ4n) is 1.90. The molecule has 1 aliphatic rings. The van der Waals surface area contributed by atoms with Gasteiger partial charge in [0.15, 0.2) is 0 Å². The van der Waals surface area contributed by atoms with E-state index in [9.17, 15) is 5.11 Å². The van der Waals surface area contributed by atoms with E-state index in [2.05, 4.69) is 6.07 Å². The van der Waals surface area contributed by atoms with Gasteiger partial charge in [0.1, 0.15) is 5.75 Å². The molecule has 14 heavy (non-hydrogen) atoms. The molecule has 2 nitrogen and oxygen atoms in total. The van der Waals surface area contributed by atoms with Gasteiger partial charge in [-0.3, -0.25) is 0 Å². The first kappa shape index (κ1) is 9.08. The number of phenolic OH excluding ortho intramolecular Hbond substituents is 1. The normalized spacial score (nSPS) is 18.3. The van der Waals surface area contributed by atoms with E-state index >= 15 is 0 Å². The molecule has 0 spiro atoms. The Kier molecular flexibility index (Phi) is 1.96. The van der Waals surface area contributed by atoms with Gasteiger partial charge < -0.3 is 5.11 Å². The molecule has 0 amide bonds. The van der Waals surface area contributed by atoms with E-state index in [0.717, 1.165) is 30.4 Å². The molecule has 1 aromatic rings. The fourth-order valence-corrected chi connectivity index (χ4v) is 1.90. The van der Waals surface area contributed by atoms with Crippen LogP contribution in [0.2, 0.25) is 0 Å². The molecule has 1 N–H and O–H groups in total. The minimum Gasteiger partial charge on any atom is -0.508 e. The highest BCUT2D eigenvalue weighted by Gasteiger charge is 2.39. The molecule has 0 aliphatic heterocycles. The highest BCUT2D eigenvalue weighted by molar-refractivity contribution is 5.43. The van der Waals surface area contributed by atoms with Gasteiger partial charge in [-0.1, -0.05) is 12.1 Å². The summed E-state index contributed by atoms with van der Waals surface area (Å²) >= 11 is 0. The Labute approximate surface area is 83.8 Å². The second-order valence-corrected chi connectivity index (χ2v) is 4.05. The smallest absolute Gasteiger partial charge is 0.118 e. The van der Waals surface area contributed by atoms with Crippen LogP contribution in [0, 0.1) is 18.3 Å². The minimum absolute atomic E-state index is 0.295. The summed E-state index contributed by atoms with van der Waals surface area (Å²) in [5.74, 6) is 0.295. The minimum atomic E-state index is -0.314. The molecule has 0 unspecified atom stereocenters. The monoisotopic (exact) mass is 187 g/mol. The van der Waals surface area contributed by atoms with Crippen LogP contribution in [0.4, 0.5) is 0 Å². The second kappa shape index (κ2) is 3.02. The van der Waals surface area contributed by atoms with Crippen molar-refractivity contribution in [2.45, 2.75) is 31.6 Å². The predicted molar refractivity (Wildman–Crippen MR) is 54.0 cm³/mol. The van der Waals surface area contributed by atoms with E-state index in [1.807, 2.05) is 19.1 Å². The lowest BCUT2D eigenvalue weighted by Crippen LogP contribution is -2.32. The van der Waals surface area contributed by atoms with Gasteiger partial charge in [-0.25, -0.2) is 0 Å². The number of hydrogen-bond donors (Lipinski definition) is 1. The first-order chi connectivity index (χ1) is 6.68. The molecule has 2 rings (SSSR count). The van der Waals surface area contributed by atoms with E-state index in [1.54, 1.807) is 6.07 Å². The number of phenols is 1. The van der Waals surface area contributed by atoms with Crippen LogP contribution in [0.1, 0.15) is 30.4 Å². The van der Waals surface area contributed by atoms with Crippen molar-refractivity contribution < 1.29 is 5.11 Å². The van der Waals surface area contributed by atoms with Crippen LogP contribution in [-0.2, 0) is 5.41 Å². The summed E-state index contributed by atoms with van der Waals surface area (Å²) in [7, 11) is 0. The number of nitriles is 1. The highest BCUT2D eigenvalue weighted by Crippen LogP contribution is 2.44. The Morgan fingerprint density at radius 3 is 2.57 bits per heavy atom. The summed E-state index contributed by atoms with van der Waals surface area (Å²) in [6.45, 7) is 1.86. The van der Waals surface area contributed by atoms with E-state index in [0.29, 0.717) is 5.75 Å². The number of hydrogen-bond acceptors (Lipinski definition) is 2. The third-order valence-corrected chi connectivity index (χ3v) is 3.18. The van der Waals surface area contributed by atoms with Crippen molar-refractivity contribution in [1.82, 2.24) is 0 Å². The summed E-state index contributed by atoms with van der Waals surface area (Å²) < 4.78 is 0. The molecule has 1 aliphatic carbocycles. The van der Waals surface area contributed by atoms with E-state index in [1.165, 1.54) is 0 Å². The lowest BCUT2D eigenvalue weighted by molar-refractivity contribution is 0.322. The standard InChI is InChI=1S/C12H13NO/c1-9-3-4-10(7-11(9)14)12(8-13)5-2-6-12/h3-4,7,14H,2,5-6H2,1H3. The van der Waals surface area contributed by atoms with Gasteiger partial charge in [0.25, 0.3) is 0 Å². The number of rotatable bonds is 1. The second-order valence-electron chi connectivity index (χ2n) is 4.05. The summed E-state index contributed by atoms with van der Waals surface area (Å²) in [6, 6.07) is 7.93. The Morgan fingerprint density at radius 2 is 2.14 bits per heavy atom. The molecule has 0 aromatic heterocycles. The van der Waals surface area contributed by atoms with Crippen molar-refractivity contribution in [3.8, 4) is 11.8 Å². The Balaban J connectivity index is 2.42. The molecular formula is C12H13NO. The SMILES string of the molecule is Cc1ccc(C2(C#N)CCC2)cc1O. The van der Waals surface area contributed by atoms with Crippen molar-refractivity contribution in [3.05, 3.63) is 29.3 Å². The largest absolute Gasteiger partial charge is 0.508 e. The van der Waals surface area contributed by atoms with Crippen LogP contribution in [0.15, 0.2) is 18.2 Å². The predicted octanol–water partition coefficient (Wildman–Crippen LogP) is 2.65. The zero-order valence-corrected chi connectivity index (χ0v) is 8.25. The Morgan fingerprint density at radius 1 is 1.43 bits per heavy atom. The van der Waals surface area contributed by atoms with E-state index in [4.69, 9.17) is 5.26 Å². The fraction of sp³-hybridized carbons (Fsp3) is 0.417. The van der Waals surface area contributed by atoms with Crippen LogP contribution in [0.3, 0.4) is 0 Å². The zero-order chi connectivity index (χ0) is 10.2. The first-order valence-corrected chi connectivity index (χ1v) is 4.89. The van der Waals surface area contributed by atoms with Gasteiger partial charge in [-0.15, -0.1) is 0 Å². The molecule has 0 bridgehead atoms. The summed E-state index contributed by atoms with van der Waals surface area (Å²) in [5, 5.41) is 18.7. The molecular weight excluding hydrogens is 174 g/mol. The quantitative estimate of drug-likeness (QED) is 0.734. The summed E-state index contributed by atoms with van der Waals surface area (Å²) in [4.78, 5) is 0. The lowest BCUT2D eigenvalue weighted by Gasteiger charge is -2.35.